The molecule has 7 heteroatoms. The summed E-state index contributed by atoms with van der Waals surface area (Å²) in [7, 11) is 3.87. The Morgan fingerprint density at radius 1 is 1.25 bits per heavy atom. The molecule has 1 aliphatic heterocycles. The van der Waals surface area contributed by atoms with Gasteiger partial charge in [0.15, 0.2) is 0 Å². The van der Waals surface area contributed by atoms with E-state index < -0.39 is 11.8 Å². The lowest BCUT2D eigenvalue weighted by atomic mass is 10.1. The van der Waals surface area contributed by atoms with Crippen LogP contribution in [0.4, 0.5) is 11.4 Å². The van der Waals surface area contributed by atoms with Gasteiger partial charge in [0.1, 0.15) is 5.70 Å². The number of aromatic nitrogens is 1. The number of carbonyl (C=O) groups is 2. The molecular weight excluding hydrogens is 308 g/mol. The number of nitrogens with one attached hydrogen (secondary N) is 1. The Morgan fingerprint density at radius 3 is 2.75 bits per heavy atom. The maximum absolute atomic E-state index is 12.3. The minimum Gasteiger partial charge on any atom is -0.395 e. The fraction of sp³-hybridized carbons (Fsp3) is 0.235. The maximum atomic E-state index is 12.3. The van der Waals surface area contributed by atoms with Crippen molar-refractivity contribution in [1.29, 1.82) is 0 Å². The molecule has 0 atom stereocenters. The number of anilines is 2. The number of nitrogens with zero attached hydrogens (tertiary/aromatic N) is 3. The smallest absolute Gasteiger partial charge is 0.277 e. The van der Waals surface area contributed by atoms with E-state index in [1.54, 1.807) is 6.20 Å². The van der Waals surface area contributed by atoms with Gasteiger partial charge in [-0.05, 0) is 24.3 Å². The molecule has 2 N–H and O–H groups in total. The summed E-state index contributed by atoms with van der Waals surface area (Å²) in [6, 6.07) is 7.49. The summed E-state index contributed by atoms with van der Waals surface area (Å²) in [6.07, 6.45) is 2.96. The van der Waals surface area contributed by atoms with Gasteiger partial charge in [0, 0.05) is 37.4 Å². The summed E-state index contributed by atoms with van der Waals surface area (Å²) in [5.74, 6) is -0.869. The van der Waals surface area contributed by atoms with Crippen molar-refractivity contribution in [3.63, 3.8) is 0 Å². The molecule has 0 bridgehead atoms. The lowest BCUT2D eigenvalue weighted by Gasteiger charge is -2.18. The average molecular weight is 326 g/mol. The Balaban J connectivity index is 1.97. The van der Waals surface area contributed by atoms with Crippen molar-refractivity contribution in [2.45, 2.75) is 0 Å². The van der Waals surface area contributed by atoms with Crippen molar-refractivity contribution < 1.29 is 14.7 Å². The molecule has 2 amide bonds. The lowest BCUT2D eigenvalue weighted by Crippen LogP contribution is -2.34. The first-order valence-corrected chi connectivity index (χ1v) is 7.53. The highest BCUT2D eigenvalue weighted by Crippen LogP contribution is 2.31. The third-order valence-corrected chi connectivity index (χ3v) is 3.83. The molecule has 1 aromatic heterocycles. The van der Waals surface area contributed by atoms with E-state index >= 15 is 0 Å². The van der Waals surface area contributed by atoms with E-state index in [1.165, 1.54) is 6.08 Å². The van der Waals surface area contributed by atoms with E-state index in [0.717, 1.165) is 21.5 Å². The van der Waals surface area contributed by atoms with Gasteiger partial charge in [0.2, 0.25) is 0 Å². The molecule has 2 aromatic rings. The van der Waals surface area contributed by atoms with Crippen molar-refractivity contribution in [3.05, 3.63) is 42.2 Å². The van der Waals surface area contributed by atoms with Crippen LogP contribution in [0.3, 0.4) is 0 Å². The summed E-state index contributed by atoms with van der Waals surface area (Å²) in [6.45, 7) is -0.274. The second-order valence-electron chi connectivity index (χ2n) is 5.63. The fourth-order valence-corrected chi connectivity index (χ4v) is 2.68. The van der Waals surface area contributed by atoms with Crippen LogP contribution < -0.4 is 10.2 Å². The molecule has 1 aromatic carbocycles. The number of rotatable bonds is 5. The molecule has 0 saturated carbocycles. The summed E-state index contributed by atoms with van der Waals surface area (Å²) < 4.78 is 0. The Hall–Kier alpha value is -2.93. The van der Waals surface area contributed by atoms with E-state index in [4.69, 9.17) is 5.11 Å². The molecule has 3 rings (SSSR count). The molecule has 124 valence electrons. The summed E-state index contributed by atoms with van der Waals surface area (Å²) in [5.41, 5.74) is 2.65. The third kappa shape index (κ3) is 2.69. The Morgan fingerprint density at radius 2 is 2.04 bits per heavy atom. The minimum absolute atomic E-state index is 0.0127. The number of β-amino-alcohol motifs (C(OH)–C–C–N with tert-alkyl or cyclic N) is 1. The molecule has 24 heavy (non-hydrogen) atoms. The summed E-state index contributed by atoms with van der Waals surface area (Å²) in [4.78, 5) is 31.5. The largest absolute Gasteiger partial charge is 0.395 e. The molecule has 0 spiro atoms. The number of aliphatic hydroxyl groups excluding tert-OH is 1. The number of carbonyl (C=O) groups excluding carboxylic acids is 2. The minimum atomic E-state index is -0.442. The highest BCUT2D eigenvalue weighted by atomic mass is 16.3. The number of pyridine rings is 1. The van der Waals surface area contributed by atoms with Gasteiger partial charge in [-0.2, -0.15) is 0 Å². The first-order valence-electron chi connectivity index (χ1n) is 7.53. The van der Waals surface area contributed by atoms with E-state index in [0.29, 0.717) is 5.69 Å². The number of hydrogen-bond donors (Lipinski definition) is 2. The average Bonchev–Trinajstić information content (AvgIpc) is 2.83. The molecule has 2 heterocycles. The van der Waals surface area contributed by atoms with Crippen LogP contribution in [-0.2, 0) is 9.59 Å². The molecule has 0 fully saturated rings. The zero-order valence-corrected chi connectivity index (χ0v) is 13.5. The van der Waals surface area contributed by atoms with Gasteiger partial charge in [-0.25, -0.2) is 0 Å². The van der Waals surface area contributed by atoms with Gasteiger partial charge in [0.05, 0.1) is 24.4 Å². The van der Waals surface area contributed by atoms with Crippen LogP contribution in [0.1, 0.15) is 0 Å². The number of aliphatic hydroxyl groups is 1. The molecule has 1 aliphatic rings. The van der Waals surface area contributed by atoms with Gasteiger partial charge in [0.25, 0.3) is 11.8 Å². The van der Waals surface area contributed by atoms with Crippen molar-refractivity contribution >= 4 is 34.1 Å². The Labute approximate surface area is 139 Å². The third-order valence-electron chi connectivity index (χ3n) is 3.83. The number of fused-ring (bicyclic) bond motifs is 1. The topological polar surface area (TPSA) is 85.8 Å². The summed E-state index contributed by atoms with van der Waals surface area (Å²) >= 11 is 0. The van der Waals surface area contributed by atoms with Gasteiger partial charge >= 0.3 is 0 Å². The highest BCUT2D eigenvalue weighted by Gasteiger charge is 2.30. The van der Waals surface area contributed by atoms with Gasteiger partial charge in [-0.1, -0.05) is 0 Å². The second kappa shape index (κ2) is 6.29. The first-order chi connectivity index (χ1) is 11.5. The first kappa shape index (κ1) is 15.9. The van der Waals surface area contributed by atoms with Crippen LogP contribution in [0.25, 0.3) is 10.9 Å². The SMILES string of the molecule is CN(C)c1ccc(NC2=CC(=O)N(CCO)C2=O)c2cccnc12. The second-order valence-corrected chi connectivity index (χ2v) is 5.63. The van der Waals surface area contributed by atoms with E-state index in [9.17, 15) is 9.59 Å². The lowest BCUT2D eigenvalue weighted by molar-refractivity contribution is -0.137. The van der Waals surface area contributed by atoms with Crippen LogP contribution in [-0.4, -0.2) is 54.1 Å². The van der Waals surface area contributed by atoms with E-state index in [1.807, 2.05) is 43.3 Å². The zero-order valence-electron chi connectivity index (χ0n) is 13.5. The molecule has 0 saturated heterocycles. The van der Waals surface area contributed by atoms with Crippen molar-refractivity contribution in [2.75, 3.05) is 37.5 Å². The van der Waals surface area contributed by atoms with Gasteiger partial charge in [-0.15, -0.1) is 0 Å². The number of imide groups is 1. The van der Waals surface area contributed by atoms with Crippen molar-refractivity contribution in [1.82, 2.24) is 9.88 Å². The van der Waals surface area contributed by atoms with Crippen LogP contribution in [0.15, 0.2) is 42.2 Å². The predicted molar refractivity (Wildman–Crippen MR) is 91.6 cm³/mol. The molecule has 0 aliphatic carbocycles. The summed E-state index contributed by atoms with van der Waals surface area (Å²) in [5, 5.41) is 12.8. The monoisotopic (exact) mass is 326 g/mol. The van der Waals surface area contributed by atoms with Crippen LogP contribution >= 0.6 is 0 Å². The highest BCUT2D eigenvalue weighted by molar-refractivity contribution is 6.18. The van der Waals surface area contributed by atoms with Gasteiger partial charge in [-0.3, -0.25) is 19.5 Å². The maximum Gasteiger partial charge on any atom is 0.277 e. The molecular formula is C17H18N4O3. The molecule has 7 nitrogen and oxygen atoms in total. The molecule has 0 unspecified atom stereocenters. The quantitative estimate of drug-likeness (QED) is 0.796. The number of amides is 2. The Bertz CT molecular complexity index is 845. The molecule has 0 radical (unpaired) electrons. The van der Waals surface area contributed by atoms with Gasteiger partial charge < -0.3 is 15.3 Å². The van der Waals surface area contributed by atoms with Crippen LogP contribution in [0.2, 0.25) is 0 Å². The number of hydrogen-bond acceptors (Lipinski definition) is 6. The van der Waals surface area contributed by atoms with Crippen LogP contribution in [0, 0.1) is 0 Å². The van der Waals surface area contributed by atoms with Crippen molar-refractivity contribution in [3.8, 4) is 0 Å². The zero-order chi connectivity index (χ0) is 17.3. The predicted octanol–water partition coefficient (Wildman–Crippen LogP) is 0.958. The fourth-order valence-electron chi connectivity index (χ4n) is 2.68. The number of benzene rings is 1. The van der Waals surface area contributed by atoms with Crippen LogP contribution in [0.5, 0.6) is 0 Å². The Kier molecular flexibility index (Phi) is 4.18. The van der Waals surface area contributed by atoms with E-state index in [-0.39, 0.29) is 18.8 Å². The normalized spacial score (nSPS) is 14.3. The van der Waals surface area contributed by atoms with Crippen molar-refractivity contribution in [2.24, 2.45) is 0 Å². The van der Waals surface area contributed by atoms with E-state index in [2.05, 4.69) is 10.3 Å². The standard InChI is InChI=1S/C17H18N4O3/c1-20(2)14-6-5-12(11-4-3-7-18-16(11)14)19-13-10-15(23)21(8-9-22)17(13)24/h3-7,10,19,22H,8-9H2,1-2H3.